The molecule has 1 heterocycles. The molecular formula is C11H23N3O2. The average molecular weight is 229 g/mol. The number of carbonyl (C=O) groups is 1. The van der Waals surface area contributed by atoms with E-state index in [2.05, 4.69) is 0 Å². The van der Waals surface area contributed by atoms with E-state index in [9.17, 15) is 4.79 Å². The van der Waals surface area contributed by atoms with Crippen LogP contribution in [-0.2, 0) is 9.53 Å². The van der Waals surface area contributed by atoms with Crippen molar-refractivity contribution in [2.24, 2.45) is 5.73 Å². The van der Waals surface area contributed by atoms with Gasteiger partial charge in [-0.1, -0.05) is 0 Å². The summed E-state index contributed by atoms with van der Waals surface area (Å²) in [7, 11) is 3.94. The molecule has 2 atom stereocenters. The molecule has 0 aliphatic carbocycles. The molecule has 0 spiro atoms. The molecule has 1 aliphatic heterocycles. The van der Waals surface area contributed by atoms with Gasteiger partial charge in [0, 0.05) is 32.1 Å². The van der Waals surface area contributed by atoms with E-state index in [0.717, 1.165) is 6.54 Å². The molecule has 0 aromatic rings. The molecule has 5 heteroatoms. The third-order valence-corrected chi connectivity index (χ3v) is 2.81. The van der Waals surface area contributed by atoms with Crippen molar-refractivity contribution in [1.82, 2.24) is 9.80 Å². The van der Waals surface area contributed by atoms with E-state index in [4.69, 9.17) is 10.5 Å². The number of carbonyl (C=O) groups excluding carboxylic acids is 1. The predicted molar refractivity (Wildman–Crippen MR) is 63.1 cm³/mol. The van der Waals surface area contributed by atoms with Crippen molar-refractivity contribution in [2.45, 2.75) is 25.5 Å². The van der Waals surface area contributed by atoms with Crippen LogP contribution in [0.25, 0.3) is 0 Å². The van der Waals surface area contributed by atoms with Crippen molar-refractivity contribution in [3.63, 3.8) is 0 Å². The lowest BCUT2D eigenvalue weighted by molar-refractivity contribution is -0.139. The Morgan fingerprint density at radius 2 is 2.31 bits per heavy atom. The second-order valence-electron chi connectivity index (χ2n) is 4.66. The minimum atomic E-state index is -0.0237. The van der Waals surface area contributed by atoms with Crippen molar-refractivity contribution in [1.29, 1.82) is 0 Å². The van der Waals surface area contributed by atoms with Crippen LogP contribution in [0.1, 0.15) is 13.3 Å². The van der Waals surface area contributed by atoms with E-state index in [-0.39, 0.29) is 18.1 Å². The number of nitrogens with two attached hydrogens (primary N) is 1. The molecular weight excluding hydrogens is 206 g/mol. The quantitative estimate of drug-likeness (QED) is 0.707. The summed E-state index contributed by atoms with van der Waals surface area (Å²) < 4.78 is 5.52. The molecule has 0 aromatic carbocycles. The summed E-state index contributed by atoms with van der Waals surface area (Å²) in [6.45, 7) is 4.62. The Balaban J connectivity index is 2.38. The lowest BCUT2D eigenvalue weighted by atomic mass is 10.1. The van der Waals surface area contributed by atoms with Crippen molar-refractivity contribution >= 4 is 5.91 Å². The zero-order chi connectivity index (χ0) is 12.1. The molecule has 16 heavy (non-hydrogen) atoms. The van der Waals surface area contributed by atoms with E-state index in [1.807, 2.05) is 30.8 Å². The Labute approximate surface area is 97.5 Å². The maximum atomic E-state index is 11.9. The maximum Gasteiger partial charge on any atom is 0.224 e. The Hall–Kier alpha value is -0.650. The molecule has 5 nitrogen and oxygen atoms in total. The van der Waals surface area contributed by atoms with Gasteiger partial charge in [-0.25, -0.2) is 0 Å². The first kappa shape index (κ1) is 13.4. The van der Waals surface area contributed by atoms with Crippen LogP contribution >= 0.6 is 0 Å². The van der Waals surface area contributed by atoms with Gasteiger partial charge in [0.1, 0.15) is 0 Å². The first-order valence-electron chi connectivity index (χ1n) is 5.80. The molecule has 0 bridgehead atoms. The number of ether oxygens (including phenoxy) is 1. The fourth-order valence-electron chi connectivity index (χ4n) is 1.70. The lowest BCUT2D eigenvalue weighted by Gasteiger charge is -2.35. The van der Waals surface area contributed by atoms with Crippen molar-refractivity contribution in [3.05, 3.63) is 0 Å². The molecule has 1 rings (SSSR count). The van der Waals surface area contributed by atoms with E-state index in [1.165, 1.54) is 0 Å². The molecule has 2 N–H and O–H groups in total. The summed E-state index contributed by atoms with van der Waals surface area (Å²) >= 11 is 0. The van der Waals surface area contributed by atoms with Gasteiger partial charge in [-0.15, -0.1) is 0 Å². The largest absolute Gasteiger partial charge is 0.373 e. The Bertz CT molecular complexity index is 231. The van der Waals surface area contributed by atoms with Crippen LogP contribution in [0, 0.1) is 0 Å². The van der Waals surface area contributed by atoms with Crippen LogP contribution in [-0.4, -0.2) is 68.2 Å². The van der Waals surface area contributed by atoms with E-state index < -0.39 is 0 Å². The highest BCUT2D eigenvalue weighted by atomic mass is 16.5. The molecule has 0 aromatic heterocycles. The van der Waals surface area contributed by atoms with Gasteiger partial charge in [-0.05, 0) is 21.0 Å². The van der Waals surface area contributed by atoms with Crippen LogP contribution in [0.5, 0.6) is 0 Å². The van der Waals surface area contributed by atoms with E-state index in [1.54, 1.807) is 0 Å². The normalized spacial score (nSPS) is 23.6. The van der Waals surface area contributed by atoms with Gasteiger partial charge in [-0.3, -0.25) is 4.79 Å². The molecule has 0 saturated carbocycles. The van der Waals surface area contributed by atoms with Crippen molar-refractivity contribution in [2.75, 3.05) is 40.3 Å². The molecule has 1 amide bonds. The molecule has 94 valence electrons. The Kier molecular flexibility index (Phi) is 5.18. The van der Waals surface area contributed by atoms with Crippen molar-refractivity contribution in [3.8, 4) is 0 Å². The topological polar surface area (TPSA) is 58.8 Å². The van der Waals surface area contributed by atoms with Gasteiger partial charge in [0.2, 0.25) is 5.91 Å². The fraction of sp³-hybridized carbons (Fsp3) is 0.909. The first-order valence-corrected chi connectivity index (χ1v) is 5.80. The average Bonchev–Trinajstić information content (AvgIpc) is 2.26. The zero-order valence-corrected chi connectivity index (χ0v) is 10.5. The molecule has 2 unspecified atom stereocenters. The third kappa shape index (κ3) is 4.08. The second kappa shape index (κ2) is 6.18. The second-order valence-corrected chi connectivity index (χ2v) is 4.66. The smallest absolute Gasteiger partial charge is 0.224 e. The number of amides is 1. The van der Waals surface area contributed by atoms with E-state index in [0.29, 0.717) is 26.1 Å². The molecule has 1 aliphatic rings. The summed E-state index contributed by atoms with van der Waals surface area (Å²) in [5.74, 6) is 0.197. The van der Waals surface area contributed by atoms with Gasteiger partial charge in [0.25, 0.3) is 0 Å². The van der Waals surface area contributed by atoms with E-state index >= 15 is 0 Å². The molecule has 1 saturated heterocycles. The van der Waals surface area contributed by atoms with Gasteiger partial charge in [-0.2, -0.15) is 0 Å². The Morgan fingerprint density at radius 1 is 1.62 bits per heavy atom. The maximum absolute atomic E-state index is 11.9. The number of hydrogen-bond acceptors (Lipinski definition) is 4. The highest BCUT2D eigenvalue weighted by Gasteiger charge is 2.26. The SMILES string of the molecule is CC(N)C1CN(C(=O)CCN(C)C)CCO1. The van der Waals surface area contributed by atoms with Gasteiger partial charge < -0.3 is 20.3 Å². The predicted octanol–water partition coefficient (Wildman–Crippen LogP) is -0.487. The summed E-state index contributed by atoms with van der Waals surface area (Å²) in [4.78, 5) is 15.8. The summed E-state index contributed by atoms with van der Waals surface area (Å²) in [5, 5.41) is 0. The Morgan fingerprint density at radius 3 is 2.88 bits per heavy atom. The highest BCUT2D eigenvalue weighted by molar-refractivity contribution is 5.76. The fourth-order valence-corrected chi connectivity index (χ4v) is 1.70. The van der Waals surface area contributed by atoms with Crippen LogP contribution in [0.15, 0.2) is 0 Å². The lowest BCUT2D eigenvalue weighted by Crippen LogP contribution is -2.51. The highest BCUT2D eigenvalue weighted by Crippen LogP contribution is 2.09. The monoisotopic (exact) mass is 229 g/mol. The number of hydrogen-bond donors (Lipinski definition) is 1. The minimum Gasteiger partial charge on any atom is -0.373 e. The van der Waals surface area contributed by atoms with Gasteiger partial charge >= 0.3 is 0 Å². The first-order chi connectivity index (χ1) is 7.50. The van der Waals surface area contributed by atoms with Crippen LogP contribution in [0.4, 0.5) is 0 Å². The van der Waals surface area contributed by atoms with Gasteiger partial charge in [0.05, 0.1) is 12.7 Å². The third-order valence-electron chi connectivity index (χ3n) is 2.81. The van der Waals surface area contributed by atoms with Crippen LogP contribution in [0.2, 0.25) is 0 Å². The van der Waals surface area contributed by atoms with Crippen LogP contribution < -0.4 is 5.73 Å². The summed E-state index contributed by atoms with van der Waals surface area (Å²) in [6, 6.07) is -0.0237. The van der Waals surface area contributed by atoms with Gasteiger partial charge in [0.15, 0.2) is 0 Å². The molecule has 0 radical (unpaired) electrons. The zero-order valence-electron chi connectivity index (χ0n) is 10.5. The summed E-state index contributed by atoms with van der Waals surface area (Å²) in [6.07, 6.45) is 0.552. The summed E-state index contributed by atoms with van der Waals surface area (Å²) in [5.41, 5.74) is 5.78. The number of morpholine rings is 1. The molecule has 1 fully saturated rings. The standard InChI is InChI=1S/C11H23N3O2/c1-9(12)10-8-14(6-7-16-10)11(15)4-5-13(2)3/h9-10H,4-8,12H2,1-3H3. The number of nitrogens with zero attached hydrogens (tertiary/aromatic N) is 2. The minimum absolute atomic E-state index is 0.0166. The van der Waals surface area contributed by atoms with Crippen LogP contribution in [0.3, 0.4) is 0 Å². The number of rotatable bonds is 4. The van der Waals surface area contributed by atoms with Crippen molar-refractivity contribution < 1.29 is 9.53 Å².